The largest absolute Gasteiger partial charge is 0.350 e. The van der Waals surface area contributed by atoms with Gasteiger partial charge < -0.3 is 10.3 Å². The Kier molecular flexibility index (Phi) is 4.95. The molecule has 140 valence electrons. The van der Waals surface area contributed by atoms with Crippen molar-refractivity contribution in [3.05, 3.63) is 58.7 Å². The lowest BCUT2D eigenvalue weighted by atomic mass is 10.1. The second kappa shape index (κ2) is 7.05. The lowest BCUT2D eigenvalue weighted by Crippen LogP contribution is -2.12. The van der Waals surface area contributed by atoms with Crippen LogP contribution in [-0.2, 0) is 14.8 Å². The maximum Gasteiger partial charge on any atom is 0.229 e. The Morgan fingerprint density at radius 2 is 1.85 bits per heavy atom. The topological polar surface area (TPSA) is 108 Å². The number of H-pyrrole nitrogens is 1. The van der Waals surface area contributed by atoms with Crippen LogP contribution in [0.3, 0.4) is 0 Å². The summed E-state index contributed by atoms with van der Waals surface area (Å²) in [6.07, 6.45) is 1.03. The highest BCUT2D eigenvalue weighted by atomic mass is 35.5. The molecule has 0 unspecified atom stereocenters. The molecule has 9 heteroatoms. The van der Waals surface area contributed by atoms with Crippen molar-refractivity contribution in [2.45, 2.75) is 6.92 Å². The first-order valence-electron chi connectivity index (χ1n) is 7.85. The minimum atomic E-state index is -3.47. The fourth-order valence-corrected chi connectivity index (χ4v) is 3.46. The molecule has 1 heterocycles. The summed E-state index contributed by atoms with van der Waals surface area (Å²) in [6, 6.07) is 11.1. The molecule has 0 saturated heterocycles. The number of sulfonamides is 1. The van der Waals surface area contributed by atoms with Gasteiger partial charge in [-0.15, -0.1) is 0 Å². The smallest absolute Gasteiger partial charge is 0.229 e. The van der Waals surface area contributed by atoms with E-state index in [1.807, 2.05) is 0 Å². The number of rotatable bonds is 5. The SMILES string of the molecule is CC(=O)Nc1c(C(=O)c2cccc(NS(C)(=O)=O)c2)[nH]c2cc(Cl)ccc12. The van der Waals surface area contributed by atoms with Gasteiger partial charge in [0.2, 0.25) is 21.7 Å². The Hall–Kier alpha value is -2.84. The standard InChI is InChI=1S/C18H16ClN3O4S/c1-10(23)20-16-14-7-6-12(19)9-15(14)21-17(16)18(24)11-4-3-5-13(8-11)22-27(2,25)26/h3-9,21-22H,1-2H3,(H,20,23). The lowest BCUT2D eigenvalue weighted by molar-refractivity contribution is -0.114. The van der Waals surface area contributed by atoms with Gasteiger partial charge in [0.15, 0.2) is 0 Å². The summed E-state index contributed by atoms with van der Waals surface area (Å²) in [4.78, 5) is 27.6. The summed E-state index contributed by atoms with van der Waals surface area (Å²) in [6.45, 7) is 1.35. The van der Waals surface area contributed by atoms with Crippen LogP contribution in [0.1, 0.15) is 23.0 Å². The van der Waals surface area contributed by atoms with Gasteiger partial charge in [0.1, 0.15) is 5.69 Å². The molecule has 3 N–H and O–H groups in total. The number of hydrogen-bond acceptors (Lipinski definition) is 4. The second-order valence-corrected chi connectivity index (χ2v) is 8.22. The number of carbonyl (C=O) groups excluding carboxylic acids is 2. The van der Waals surface area contributed by atoms with E-state index >= 15 is 0 Å². The first-order valence-corrected chi connectivity index (χ1v) is 10.1. The van der Waals surface area contributed by atoms with Crippen LogP contribution in [0.5, 0.6) is 0 Å². The van der Waals surface area contributed by atoms with Crippen LogP contribution in [0.15, 0.2) is 42.5 Å². The number of halogens is 1. The minimum absolute atomic E-state index is 0.180. The number of aromatic nitrogens is 1. The Labute approximate surface area is 160 Å². The van der Waals surface area contributed by atoms with Crippen molar-refractivity contribution in [2.24, 2.45) is 0 Å². The number of benzene rings is 2. The summed E-state index contributed by atoms with van der Waals surface area (Å²) in [5.74, 6) is -0.726. The van der Waals surface area contributed by atoms with E-state index in [2.05, 4.69) is 15.0 Å². The number of hydrogen-bond donors (Lipinski definition) is 3. The van der Waals surface area contributed by atoms with Gasteiger partial charge in [-0.1, -0.05) is 23.7 Å². The van der Waals surface area contributed by atoms with Gasteiger partial charge in [-0.25, -0.2) is 8.42 Å². The summed E-state index contributed by atoms with van der Waals surface area (Å²) in [7, 11) is -3.47. The van der Waals surface area contributed by atoms with Crippen molar-refractivity contribution in [2.75, 3.05) is 16.3 Å². The number of nitrogens with one attached hydrogen (secondary N) is 3. The van der Waals surface area contributed by atoms with E-state index in [0.29, 0.717) is 21.6 Å². The van der Waals surface area contributed by atoms with Crippen molar-refractivity contribution >= 4 is 55.6 Å². The summed E-state index contributed by atoms with van der Waals surface area (Å²) in [5.41, 5.74) is 1.65. The summed E-state index contributed by atoms with van der Waals surface area (Å²) >= 11 is 6.01. The second-order valence-electron chi connectivity index (χ2n) is 6.03. The quantitative estimate of drug-likeness (QED) is 0.565. The van der Waals surface area contributed by atoms with E-state index in [4.69, 9.17) is 11.6 Å². The van der Waals surface area contributed by atoms with Crippen molar-refractivity contribution in [1.29, 1.82) is 0 Å². The first kappa shape index (κ1) is 18.9. The molecule has 0 atom stereocenters. The average Bonchev–Trinajstić information content (AvgIpc) is 2.89. The van der Waals surface area contributed by atoms with E-state index in [1.54, 1.807) is 30.3 Å². The summed E-state index contributed by atoms with van der Waals surface area (Å²) < 4.78 is 25.2. The molecule has 0 bridgehead atoms. The molecular formula is C18H16ClN3O4S. The van der Waals surface area contributed by atoms with Crippen molar-refractivity contribution in [1.82, 2.24) is 4.98 Å². The first-order chi connectivity index (χ1) is 12.6. The van der Waals surface area contributed by atoms with Crippen LogP contribution in [0.2, 0.25) is 5.02 Å². The highest BCUT2D eigenvalue weighted by molar-refractivity contribution is 7.92. The fourth-order valence-electron chi connectivity index (χ4n) is 2.73. The van der Waals surface area contributed by atoms with Crippen LogP contribution in [0.4, 0.5) is 11.4 Å². The molecule has 0 radical (unpaired) electrons. The Balaban J connectivity index is 2.10. The molecule has 0 aliphatic rings. The maximum absolute atomic E-state index is 13.0. The van der Waals surface area contributed by atoms with E-state index in [0.717, 1.165) is 6.26 Å². The number of fused-ring (bicyclic) bond motifs is 1. The zero-order chi connectivity index (χ0) is 19.8. The molecular weight excluding hydrogens is 390 g/mol. The number of ketones is 1. The van der Waals surface area contributed by atoms with Crippen molar-refractivity contribution in [3.8, 4) is 0 Å². The van der Waals surface area contributed by atoms with Crippen molar-refractivity contribution in [3.63, 3.8) is 0 Å². The molecule has 1 amide bonds. The molecule has 1 aromatic heterocycles. The van der Waals surface area contributed by atoms with Gasteiger partial charge in [0.05, 0.1) is 11.9 Å². The van der Waals surface area contributed by atoms with E-state index in [9.17, 15) is 18.0 Å². The molecule has 0 fully saturated rings. The molecule has 2 aromatic carbocycles. The minimum Gasteiger partial charge on any atom is -0.350 e. The molecule has 7 nitrogen and oxygen atoms in total. The van der Waals surface area contributed by atoms with Gasteiger partial charge in [0.25, 0.3) is 0 Å². The van der Waals surface area contributed by atoms with Gasteiger partial charge in [-0.05, 0) is 30.3 Å². The number of anilines is 2. The number of carbonyl (C=O) groups is 2. The molecule has 0 spiro atoms. The van der Waals surface area contributed by atoms with Crippen LogP contribution in [0, 0.1) is 0 Å². The van der Waals surface area contributed by atoms with E-state index in [-0.39, 0.29) is 22.9 Å². The van der Waals surface area contributed by atoms with Gasteiger partial charge in [0, 0.05) is 34.1 Å². The maximum atomic E-state index is 13.0. The molecule has 3 rings (SSSR count). The number of aromatic amines is 1. The highest BCUT2D eigenvalue weighted by Gasteiger charge is 2.21. The van der Waals surface area contributed by atoms with Crippen LogP contribution in [0.25, 0.3) is 10.9 Å². The zero-order valence-electron chi connectivity index (χ0n) is 14.5. The molecule has 0 aliphatic heterocycles. The monoisotopic (exact) mass is 405 g/mol. The Bertz CT molecular complexity index is 1170. The van der Waals surface area contributed by atoms with E-state index in [1.165, 1.54) is 19.1 Å². The Morgan fingerprint density at radius 1 is 1.11 bits per heavy atom. The van der Waals surface area contributed by atoms with Gasteiger partial charge >= 0.3 is 0 Å². The third-order valence-electron chi connectivity index (χ3n) is 3.72. The van der Waals surface area contributed by atoms with Crippen LogP contribution >= 0.6 is 11.6 Å². The third kappa shape index (κ3) is 4.29. The fraction of sp³-hybridized carbons (Fsp3) is 0.111. The predicted octanol–water partition coefficient (Wildman–Crippen LogP) is 3.38. The van der Waals surface area contributed by atoms with Crippen LogP contribution in [-0.4, -0.2) is 31.3 Å². The molecule has 0 aliphatic carbocycles. The zero-order valence-corrected chi connectivity index (χ0v) is 16.0. The van der Waals surface area contributed by atoms with Crippen molar-refractivity contribution < 1.29 is 18.0 Å². The normalized spacial score (nSPS) is 11.4. The third-order valence-corrected chi connectivity index (χ3v) is 4.56. The van der Waals surface area contributed by atoms with E-state index < -0.39 is 15.8 Å². The van der Waals surface area contributed by atoms with Gasteiger partial charge in [-0.3, -0.25) is 14.3 Å². The van der Waals surface area contributed by atoms with Crippen LogP contribution < -0.4 is 10.0 Å². The predicted molar refractivity (Wildman–Crippen MR) is 106 cm³/mol. The molecule has 27 heavy (non-hydrogen) atoms. The molecule has 0 saturated carbocycles. The number of amides is 1. The lowest BCUT2D eigenvalue weighted by Gasteiger charge is -2.07. The highest BCUT2D eigenvalue weighted by Crippen LogP contribution is 2.31. The average molecular weight is 406 g/mol. The molecule has 3 aromatic rings. The van der Waals surface area contributed by atoms with Gasteiger partial charge in [-0.2, -0.15) is 0 Å². The summed E-state index contributed by atoms with van der Waals surface area (Å²) in [5, 5.41) is 3.80. The Morgan fingerprint density at radius 3 is 2.52 bits per heavy atom.